The van der Waals surface area contributed by atoms with Crippen molar-refractivity contribution in [2.45, 2.75) is 19.8 Å². The first-order valence-corrected chi connectivity index (χ1v) is 7.36. The standard InChI is InChI=1S/C11H14O3.C6H6.CH2O3/c1-2-3-8-14-11(13)9-6-4-5-7-10(9)12;1-2-4-6-5-3-1;2-1(3)4/h4-7,12H,2-3,8H2,1H3;1-6H;(H2,2,3,4). The first-order chi connectivity index (χ1) is 11.5. The van der Waals surface area contributed by atoms with Gasteiger partial charge in [-0.2, -0.15) is 0 Å². The Labute approximate surface area is 141 Å². The van der Waals surface area contributed by atoms with Crippen LogP contribution in [0.3, 0.4) is 0 Å². The molecular weight excluding hydrogens is 312 g/mol. The highest BCUT2D eigenvalue weighted by atomic mass is 16.6. The Balaban J connectivity index is 0.000000433. The molecular formula is C18H22O6. The highest BCUT2D eigenvalue weighted by Gasteiger charge is 2.10. The van der Waals surface area contributed by atoms with Gasteiger partial charge in [-0.1, -0.05) is 61.9 Å². The predicted molar refractivity (Wildman–Crippen MR) is 90.4 cm³/mol. The van der Waals surface area contributed by atoms with Gasteiger partial charge in [0.25, 0.3) is 0 Å². The van der Waals surface area contributed by atoms with Gasteiger partial charge in [-0.05, 0) is 18.6 Å². The molecule has 0 saturated heterocycles. The van der Waals surface area contributed by atoms with Crippen molar-refractivity contribution < 1.29 is 29.6 Å². The van der Waals surface area contributed by atoms with Crippen molar-refractivity contribution in [3.63, 3.8) is 0 Å². The minimum atomic E-state index is -1.83. The van der Waals surface area contributed by atoms with Crippen LogP contribution in [0.25, 0.3) is 0 Å². The van der Waals surface area contributed by atoms with Crippen LogP contribution < -0.4 is 0 Å². The van der Waals surface area contributed by atoms with E-state index in [9.17, 15) is 9.90 Å². The monoisotopic (exact) mass is 334 g/mol. The third-order valence-electron chi connectivity index (χ3n) is 2.52. The van der Waals surface area contributed by atoms with Crippen molar-refractivity contribution in [3.05, 3.63) is 66.2 Å². The van der Waals surface area contributed by atoms with Crippen molar-refractivity contribution in [3.8, 4) is 5.75 Å². The van der Waals surface area contributed by atoms with Gasteiger partial charge >= 0.3 is 12.1 Å². The number of aromatic hydroxyl groups is 1. The third-order valence-corrected chi connectivity index (χ3v) is 2.52. The summed E-state index contributed by atoms with van der Waals surface area (Å²) in [5, 5.41) is 23.3. The Morgan fingerprint density at radius 1 is 0.917 bits per heavy atom. The van der Waals surface area contributed by atoms with E-state index in [2.05, 4.69) is 0 Å². The summed E-state index contributed by atoms with van der Waals surface area (Å²) in [5.41, 5.74) is 0.226. The molecule has 0 aliphatic carbocycles. The SMILES string of the molecule is CCCCOC(=O)c1ccccc1O.O=C(O)O.c1ccccc1. The normalized spacial score (nSPS) is 8.71. The van der Waals surface area contributed by atoms with Crippen molar-refractivity contribution in [1.29, 1.82) is 0 Å². The number of ether oxygens (including phenoxy) is 1. The minimum Gasteiger partial charge on any atom is -0.507 e. The van der Waals surface area contributed by atoms with E-state index in [0.29, 0.717) is 6.61 Å². The molecule has 0 aliphatic heterocycles. The molecule has 0 unspecified atom stereocenters. The highest BCUT2D eigenvalue weighted by Crippen LogP contribution is 2.16. The van der Waals surface area contributed by atoms with E-state index in [-0.39, 0.29) is 11.3 Å². The van der Waals surface area contributed by atoms with E-state index in [0.717, 1.165) is 12.8 Å². The van der Waals surface area contributed by atoms with Gasteiger partial charge in [0.05, 0.1) is 6.61 Å². The third kappa shape index (κ3) is 11.6. The van der Waals surface area contributed by atoms with Crippen LogP contribution in [0.5, 0.6) is 5.75 Å². The zero-order chi connectivity index (χ0) is 18.2. The lowest BCUT2D eigenvalue weighted by Gasteiger charge is -2.04. The average molecular weight is 334 g/mol. The molecule has 0 spiro atoms. The number of phenols is 1. The molecule has 0 heterocycles. The van der Waals surface area contributed by atoms with Crippen molar-refractivity contribution >= 4 is 12.1 Å². The maximum atomic E-state index is 11.4. The summed E-state index contributed by atoms with van der Waals surface area (Å²) < 4.78 is 4.95. The van der Waals surface area contributed by atoms with Gasteiger partial charge in [0.2, 0.25) is 0 Å². The van der Waals surface area contributed by atoms with Gasteiger partial charge in [0.1, 0.15) is 11.3 Å². The van der Waals surface area contributed by atoms with Gasteiger partial charge in [0.15, 0.2) is 0 Å². The minimum absolute atomic E-state index is 0.0333. The fraction of sp³-hybridized carbons (Fsp3) is 0.222. The largest absolute Gasteiger partial charge is 0.507 e. The smallest absolute Gasteiger partial charge is 0.503 e. The van der Waals surface area contributed by atoms with E-state index in [1.54, 1.807) is 18.2 Å². The topological polar surface area (TPSA) is 104 Å². The Bertz CT molecular complexity index is 552. The Hall–Kier alpha value is -3.02. The van der Waals surface area contributed by atoms with Gasteiger partial charge in [-0.15, -0.1) is 0 Å². The van der Waals surface area contributed by atoms with Crippen LogP contribution in [0.2, 0.25) is 0 Å². The summed E-state index contributed by atoms with van der Waals surface area (Å²) in [5.74, 6) is -0.495. The molecule has 0 saturated carbocycles. The molecule has 0 amide bonds. The van der Waals surface area contributed by atoms with Crippen molar-refractivity contribution in [1.82, 2.24) is 0 Å². The van der Waals surface area contributed by atoms with E-state index in [1.165, 1.54) is 6.07 Å². The van der Waals surface area contributed by atoms with E-state index in [4.69, 9.17) is 19.7 Å². The Morgan fingerprint density at radius 2 is 1.38 bits per heavy atom. The summed E-state index contributed by atoms with van der Waals surface area (Å²) in [6.07, 6.45) is -0.00656. The molecule has 2 rings (SSSR count). The fourth-order valence-electron chi connectivity index (χ4n) is 1.42. The maximum Gasteiger partial charge on any atom is 0.503 e. The molecule has 0 bridgehead atoms. The lowest BCUT2D eigenvalue weighted by molar-refractivity contribution is 0.0496. The number of carbonyl (C=O) groups excluding carboxylic acids is 1. The zero-order valence-electron chi connectivity index (χ0n) is 13.5. The number of hydrogen-bond acceptors (Lipinski definition) is 4. The number of carboxylic acid groups (broad SMARTS) is 2. The van der Waals surface area contributed by atoms with Crippen LogP contribution >= 0.6 is 0 Å². The van der Waals surface area contributed by atoms with Crippen LogP contribution in [0.15, 0.2) is 60.7 Å². The molecule has 2 aromatic rings. The molecule has 0 radical (unpaired) electrons. The molecule has 6 heteroatoms. The van der Waals surface area contributed by atoms with Crippen molar-refractivity contribution in [2.75, 3.05) is 6.61 Å². The number of esters is 1. The fourth-order valence-corrected chi connectivity index (χ4v) is 1.42. The Kier molecular flexibility index (Phi) is 11.9. The van der Waals surface area contributed by atoms with Gasteiger partial charge in [-0.3, -0.25) is 0 Å². The number of carbonyl (C=O) groups is 2. The van der Waals surface area contributed by atoms with Crippen LogP contribution in [0.4, 0.5) is 4.79 Å². The molecule has 0 aromatic heterocycles. The van der Waals surface area contributed by atoms with Crippen LogP contribution in [-0.2, 0) is 4.74 Å². The van der Waals surface area contributed by atoms with Gasteiger partial charge < -0.3 is 20.1 Å². The summed E-state index contributed by atoms with van der Waals surface area (Å²) >= 11 is 0. The number of unbranched alkanes of at least 4 members (excludes halogenated alkanes) is 1. The first kappa shape index (κ1) is 21.0. The number of hydrogen-bond donors (Lipinski definition) is 3. The lowest BCUT2D eigenvalue weighted by atomic mass is 10.2. The van der Waals surface area contributed by atoms with Crippen LogP contribution in [-0.4, -0.2) is 34.1 Å². The number of para-hydroxylation sites is 1. The van der Waals surface area contributed by atoms with Crippen molar-refractivity contribution in [2.24, 2.45) is 0 Å². The molecule has 130 valence electrons. The summed E-state index contributed by atoms with van der Waals surface area (Å²) in [7, 11) is 0. The average Bonchev–Trinajstić information content (AvgIpc) is 2.57. The Morgan fingerprint density at radius 3 is 1.79 bits per heavy atom. The summed E-state index contributed by atoms with van der Waals surface area (Å²) in [6, 6.07) is 18.4. The second kappa shape index (κ2) is 13.6. The van der Waals surface area contributed by atoms with E-state index >= 15 is 0 Å². The molecule has 24 heavy (non-hydrogen) atoms. The van der Waals surface area contributed by atoms with E-state index in [1.807, 2.05) is 43.3 Å². The maximum absolute atomic E-state index is 11.4. The summed E-state index contributed by atoms with van der Waals surface area (Å²) in [4.78, 5) is 19.9. The highest BCUT2D eigenvalue weighted by molar-refractivity contribution is 5.92. The van der Waals surface area contributed by atoms with E-state index < -0.39 is 12.1 Å². The quantitative estimate of drug-likeness (QED) is 0.570. The molecule has 3 N–H and O–H groups in total. The predicted octanol–water partition coefficient (Wildman–Crippen LogP) is 4.26. The number of rotatable bonds is 4. The zero-order valence-corrected chi connectivity index (χ0v) is 13.5. The molecule has 0 atom stereocenters. The molecule has 0 fully saturated rings. The molecule has 0 aliphatic rings. The lowest BCUT2D eigenvalue weighted by Crippen LogP contribution is -2.06. The number of phenolic OH excluding ortho intramolecular Hbond substituents is 1. The molecule has 2 aromatic carbocycles. The second-order valence-electron chi connectivity index (χ2n) is 4.44. The van der Waals surface area contributed by atoms with Crippen LogP contribution in [0.1, 0.15) is 30.1 Å². The summed E-state index contributed by atoms with van der Waals surface area (Å²) in [6.45, 7) is 2.43. The molecule has 6 nitrogen and oxygen atoms in total. The van der Waals surface area contributed by atoms with Gasteiger partial charge in [0, 0.05) is 0 Å². The number of benzene rings is 2. The second-order valence-corrected chi connectivity index (χ2v) is 4.44. The van der Waals surface area contributed by atoms with Gasteiger partial charge in [-0.25, -0.2) is 9.59 Å². The van der Waals surface area contributed by atoms with Crippen LogP contribution in [0, 0.1) is 0 Å². The first-order valence-electron chi connectivity index (χ1n) is 7.36.